The fourth-order valence-corrected chi connectivity index (χ4v) is 4.66. The summed E-state index contributed by atoms with van der Waals surface area (Å²) in [5.41, 5.74) is 1.27. The van der Waals surface area contributed by atoms with Gasteiger partial charge < -0.3 is 9.74 Å². The van der Waals surface area contributed by atoms with Crippen LogP contribution in [0.25, 0.3) is 0 Å². The van der Waals surface area contributed by atoms with Crippen LogP contribution in [0, 0.1) is 0 Å². The first-order valence-corrected chi connectivity index (χ1v) is 11.7. The highest BCUT2D eigenvalue weighted by Crippen LogP contribution is 2.40. The molecule has 0 aliphatic carbocycles. The second-order valence-electron chi connectivity index (χ2n) is 7.03. The van der Waals surface area contributed by atoms with Crippen molar-refractivity contribution in [2.45, 2.75) is 44.1 Å². The fourth-order valence-electron chi connectivity index (χ4n) is 3.34. The molecule has 1 fully saturated rings. The number of hydrogen-bond acceptors (Lipinski definition) is 4. The van der Waals surface area contributed by atoms with Crippen LogP contribution < -0.4 is 5.32 Å². The molecule has 3 heterocycles. The zero-order valence-electron chi connectivity index (χ0n) is 14.1. The zero-order chi connectivity index (χ0) is 16.3. The molecule has 122 valence electrons. The van der Waals surface area contributed by atoms with Crippen molar-refractivity contribution < 1.29 is 4.43 Å². The Morgan fingerprint density at radius 3 is 2.04 bits per heavy atom. The number of rotatable bonds is 5. The molecule has 3 rings (SSSR count). The van der Waals surface area contributed by atoms with Crippen molar-refractivity contribution in [3.05, 3.63) is 60.2 Å². The largest absolute Gasteiger partial charge is 0.400 e. The van der Waals surface area contributed by atoms with Gasteiger partial charge in [0, 0.05) is 18.4 Å². The lowest BCUT2D eigenvalue weighted by molar-refractivity contribution is 0.0553. The quantitative estimate of drug-likeness (QED) is 0.856. The summed E-state index contributed by atoms with van der Waals surface area (Å²) in [6, 6.07) is 12.3. The molecule has 0 spiro atoms. The minimum absolute atomic E-state index is 0.194. The summed E-state index contributed by atoms with van der Waals surface area (Å²) in [5.74, 6) is 0. The fraction of sp³-hybridized carbons (Fsp3) is 0.444. The van der Waals surface area contributed by atoms with E-state index < -0.39 is 13.9 Å². The Morgan fingerprint density at radius 1 is 1.04 bits per heavy atom. The molecule has 5 heteroatoms. The van der Waals surface area contributed by atoms with Crippen LogP contribution in [0.1, 0.15) is 24.2 Å². The van der Waals surface area contributed by atoms with Crippen molar-refractivity contribution in [2.24, 2.45) is 0 Å². The molecule has 1 N–H and O–H groups in total. The first-order chi connectivity index (χ1) is 11.0. The van der Waals surface area contributed by atoms with Crippen LogP contribution >= 0.6 is 0 Å². The minimum atomic E-state index is -1.85. The van der Waals surface area contributed by atoms with E-state index in [0.717, 1.165) is 30.8 Å². The topological polar surface area (TPSA) is 47.0 Å². The number of nitrogens with one attached hydrogen (secondary N) is 1. The van der Waals surface area contributed by atoms with Gasteiger partial charge in [0.2, 0.25) is 0 Å². The van der Waals surface area contributed by atoms with E-state index in [4.69, 9.17) is 4.43 Å². The number of hydrogen-bond donors (Lipinski definition) is 1. The Kier molecular flexibility index (Phi) is 4.61. The van der Waals surface area contributed by atoms with E-state index in [1.165, 1.54) is 0 Å². The average molecular weight is 328 g/mol. The monoisotopic (exact) mass is 327 g/mol. The maximum atomic E-state index is 6.83. The molecule has 0 radical (unpaired) electrons. The van der Waals surface area contributed by atoms with Crippen LogP contribution in [0.5, 0.6) is 0 Å². The van der Waals surface area contributed by atoms with Crippen molar-refractivity contribution in [3.63, 3.8) is 0 Å². The van der Waals surface area contributed by atoms with Gasteiger partial charge in [0.1, 0.15) is 0 Å². The second-order valence-corrected chi connectivity index (χ2v) is 11.5. The van der Waals surface area contributed by atoms with Gasteiger partial charge in [-0.05, 0) is 63.3 Å². The van der Waals surface area contributed by atoms with Gasteiger partial charge in [-0.2, -0.15) is 0 Å². The van der Waals surface area contributed by atoms with Crippen LogP contribution in [0.15, 0.2) is 48.8 Å². The standard InChI is InChI=1S/C18H25N3OSi/c1-23(2,3)22-18(17-11-8-14-21-17,15-9-4-6-12-19-15)16-10-5-7-13-20-16/h4-7,9-10,12-13,17,21H,8,11,14H2,1-3H3/t17-/m0/s1. The Morgan fingerprint density at radius 2 is 1.65 bits per heavy atom. The summed E-state index contributed by atoms with van der Waals surface area (Å²) in [7, 11) is -1.85. The Bertz CT molecular complexity index is 582. The summed E-state index contributed by atoms with van der Waals surface area (Å²) in [4.78, 5) is 9.35. The van der Waals surface area contributed by atoms with Gasteiger partial charge in [-0.3, -0.25) is 9.97 Å². The molecule has 0 amide bonds. The predicted octanol–water partition coefficient (Wildman–Crippen LogP) is 3.32. The van der Waals surface area contributed by atoms with E-state index in [0.29, 0.717) is 0 Å². The lowest BCUT2D eigenvalue weighted by Crippen LogP contribution is -2.53. The first kappa shape index (κ1) is 16.3. The maximum absolute atomic E-state index is 6.83. The lowest BCUT2D eigenvalue weighted by atomic mass is 9.85. The van der Waals surface area contributed by atoms with E-state index >= 15 is 0 Å². The molecule has 2 aromatic heterocycles. The lowest BCUT2D eigenvalue weighted by Gasteiger charge is -2.42. The molecule has 4 nitrogen and oxygen atoms in total. The summed E-state index contributed by atoms with van der Waals surface area (Å²) < 4.78 is 6.83. The van der Waals surface area contributed by atoms with Gasteiger partial charge in [0.15, 0.2) is 13.9 Å². The van der Waals surface area contributed by atoms with E-state index in [9.17, 15) is 0 Å². The molecule has 0 saturated carbocycles. The highest BCUT2D eigenvalue weighted by molar-refractivity contribution is 6.69. The van der Waals surface area contributed by atoms with Gasteiger partial charge in [0.05, 0.1) is 11.4 Å². The summed E-state index contributed by atoms with van der Waals surface area (Å²) >= 11 is 0. The number of nitrogens with zero attached hydrogens (tertiary/aromatic N) is 2. The third kappa shape index (κ3) is 3.36. The SMILES string of the molecule is C[Si](C)(C)OC(c1ccccn1)(c1ccccn1)[C@@H]1CCCN1. The highest BCUT2D eigenvalue weighted by atomic mass is 28.4. The van der Waals surface area contributed by atoms with Gasteiger partial charge in [-0.15, -0.1) is 0 Å². The Labute approximate surface area is 139 Å². The van der Waals surface area contributed by atoms with Crippen LogP contribution in [0.4, 0.5) is 0 Å². The van der Waals surface area contributed by atoms with Crippen molar-refractivity contribution in [3.8, 4) is 0 Å². The second kappa shape index (κ2) is 6.51. The molecule has 1 aliphatic rings. The average Bonchev–Trinajstić information content (AvgIpc) is 3.08. The van der Waals surface area contributed by atoms with E-state index in [-0.39, 0.29) is 6.04 Å². The van der Waals surface area contributed by atoms with E-state index in [1.54, 1.807) is 0 Å². The molecule has 0 bridgehead atoms. The molecule has 1 aliphatic heterocycles. The third-order valence-electron chi connectivity index (χ3n) is 4.11. The van der Waals surface area contributed by atoms with Gasteiger partial charge in [0.25, 0.3) is 0 Å². The van der Waals surface area contributed by atoms with E-state index in [2.05, 4.69) is 47.1 Å². The molecular formula is C18H25N3OSi. The van der Waals surface area contributed by atoms with Crippen molar-refractivity contribution in [1.29, 1.82) is 0 Å². The van der Waals surface area contributed by atoms with Gasteiger partial charge >= 0.3 is 0 Å². The van der Waals surface area contributed by atoms with E-state index in [1.807, 2.05) is 36.7 Å². The minimum Gasteiger partial charge on any atom is -0.400 e. The molecule has 2 aromatic rings. The van der Waals surface area contributed by atoms with Crippen molar-refractivity contribution >= 4 is 8.32 Å². The highest BCUT2D eigenvalue weighted by Gasteiger charge is 2.49. The molecule has 1 atom stereocenters. The molecular weight excluding hydrogens is 302 g/mol. The molecule has 1 saturated heterocycles. The predicted molar refractivity (Wildman–Crippen MR) is 94.7 cm³/mol. The molecule has 23 heavy (non-hydrogen) atoms. The number of aromatic nitrogens is 2. The third-order valence-corrected chi connectivity index (χ3v) is 5.04. The zero-order valence-corrected chi connectivity index (χ0v) is 15.1. The Balaban J connectivity index is 2.20. The van der Waals surface area contributed by atoms with Crippen molar-refractivity contribution in [1.82, 2.24) is 15.3 Å². The summed E-state index contributed by atoms with van der Waals surface area (Å²) in [6.45, 7) is 7.69. The van der Waals surface area contributed by atoms with Crippen LogP contribution in [-0.4, -0.2) is 30.9 Å². The van der Waals surface area contributed by atoms with Crippen LogP contribution in [-0.2, 0) is 10.0 Å². The number of pyridine rings is 2. The van der Waals surface area contributed by atoms with Crippen LogP contribution in [0.3, 0.4) is 0 Å². The smallest absolute Gasteiger partial charge is 0.185 e. The van der Waals surface area contributed by atoms with Gasteiger partial charge in [-0.25, -0.2) is 0 Å². The van der Waals surface area contributed by atoms with Crippen molar-refractivity contribution in [2.75, 3.05) is 6.54 Å². The summed E-state index contributed by atoms with van der Waals surface area (Å²) in [5, 5.41) is 3.63. The first-order valence-electron chi connectivity index (χ1n) is 8.29. The maximum Gasteiger partial charge on any atom is 0.185 e. The molecule has 0 aromatic carbocycles. The molecule has 0 unspecified atom stereocenters. The Hall–Kier alpha value is -1.56. The van der Waals surface area contributed by atoms with Crippen LogP contribution in [0.2, 0.25) is 19.6 Å². The normalized spacial score (nSPS) is 19.0. The summed E-state index contributed by atoms with van der Waals surface area (Å²) in [6.07, 6.45) is 5.91. The van der Waals surface area contributed by atoms with Gasteiger partial charge in [-0.1, -0.05) is 12.1 Å².